The van der Waals surface area contributed by atoms with Gasteiger partial charge >= 0.3 is 0 Å². The van der Waals surface area contributed by atoms with E-state index in [1.165, 1.54) is 0 Å². The van der Waals surface area contributed by atoms with Crippen molar-refractivity contribution < 1.29 is 9.21 Å². The Morgan fingerprint density at radius 2 is 2.15 bits per heavy atom. The summed E-state index contributed by atoms with van der Waals surface area (Å²) in [5.41, 5.74) is 6.80. The lowest BCUT2D eigenvalue weighted by Crippen LogP contribution is -2.45. The third-order valence-corrected chi connectivity index (χ3v) is 5.13. The molecule has 2 unspecified atom stereocenters. The van der Waals surface area contributed by atoms with Gasteiger partial charge in [-0.05, 0) is 37.8 Å². The van der Waals surface area contributed by atoms with Gasteiger partial charge in [-0.25, -0.2) is 4.98 Å². The maximum absolute atomic E-state index is 12.5. The summed E-state index contributed by atoms with van der Waals surface area (Å²) in [6.45, 7) is 3.59. The second kappa shape index (κ2) is 10.9. The van der Waals surface area contributed by atoms with Crippen molar-refractivity contribution in [3.8, 4) is 11.3 Å². The number of benzene rings is 1. The van der Waals surface area contributed by atoms with Gasteiger partial charge in [0.05, 0.1) is 11.2 Å². The van der Waals surface area contributed by atoms with E-state index in [2.05, 4.69) is 4.98 Å². The summed E-state index contributed by atoms with van der Waals surface area (Å²) in [4.78, 5) is 18.7. The molecule has 1 amide bonds. The molecule has 1 aromatic carbocycles. The van der Waals surface area contributed by atoms with Crippen molar-refractivity contribution in [1.29, 1.82) is 0 Å². The molecule has 0 aliphatic carbocycles. The monoisotopic (exact) mass is 433 g/mol. The maximum atomic E-state index is 12.5. The minimum atomic E-state index is 0. The molecule has 2 N–H and O–H groups in total. The van der Waals surface area contributed by atoms with Crippen LogP contribution < -0.4 is 5.73 Å². The standard InChI is InChI=1S/C19H24ClN3O2.2ClH/c1-13(21)14-5-4-10-23(12-14)19(24)9-8-18-22-11-17(25-18)15-6-2-3-7-16(15)20;;/h2-3,6-7,11,13-14H,4-5,8-10,12,21H2,1H3;2*1H. The zero-order chi connectivity index (χ0) is 17.8. The van der Waals surface area contributed by atoms with Crippen LogP contribution in [0.3, 0.4) is 0 Å². The Hall–Kier alpha value is -1.27. The van der Waals surface area contributed by atoms with Gasteiger partial charge in [-0.15, -0.1) is 24.8 Å². The number of carbonyl (C=O) groups excluding carboxylic acids is 1. The van der Waals surface area contributed by atoms with Crippen molar-refractivity contribution in [3.63, 3.8) is 0 Å². The average Bonchev–Trinajstić information content (AvgIpc) is 3.09. The van der Waals surface area contributed by atoms with Crippen LogP contribution in [0.4, 0.5) is 0 Å². The highest BCUT2D eigenvalue weighted by Crippen LogP contribution is 2.28. The van der Waals surface area contributed by atoms with Crippen molar-refractivity contribution in [2.24, 2.45) is 11.7 Å². The number of piperidine rings is 1. The molecule has 1 aliphatic rings. The van der Waals surface area contributed by atoms with Gasteiger partial charge in [0.2, 0.25) is 5.91 Å². The number of halogens is 3. The largest absolute Gasteiger partial charge is 0.441 e. The number of hydrogen-bond acceptors (Lipinski definition) is 4. The van der Waals surface area contributed by atoms with Crippen molar-refractivity contribution in [3.05, 3.63) is 41.4 Å². The summed E-state index contributed by atoms with van der Waals surface area (Å²) in [6, 6.07) is 7.60. The van der Waals surface area contributed by atoms with E-state index in [1.807, 2.05) is 36.1 Å². The number of aromatic nitrogens is 1. The molecule has 2 heterocycles. The lowest BCUT2D eigenvalue weighted by atomic mass is 9.92. The molecule has 0 bridgehead atoms. The summed E-state index contributed by atoms with van der Waals surface area (Å²) < 4.78 is 5.76. The fraction of sp³-hybridized carbons (Fsp3) is 0.474. The normalized spacial score (nSPS) is 17.6. The first kappa shape index (κ1) is 23.8. The topological polar surface area (TPSA) is 72.4 Å². The quantitative estimate of drug-likeness (QED) is 0.759. The van der Waals surface area contributed by atoms with Gasteiger partial charge in [0.1, 0.15) is 0 Å². The average molecular weight is 435 g/mol. The molecule has 1 aliphatic heterocycles. The first-order valence-corrected chi connectivity index (χ1v) is 9.15. The Morgan fingerprint density at radius 3 is 2.85 bits per heavy atom. The first-order chi connectivity index (χ1) is 12.0. The van der Waals surface area contributed by atoms with E-state index in [0.717, 1.165) is 31.5 Å². The lowest BCUT2D eigenvalue weighted by molar-refractivity contribution is -0.133. The Morgan fingerprint density at radius 1 is 1.41 bits per heavy atom. The van der Waals surface area contributed by atoms with Crippen LogP contribution in [0, 0.1) is 5.92 Å². The Bertz CT molecular complexity index is 736. The van der Waals surface area contributed by atoms with Crippen LogP contribution in [0.2, 0.25) is 5.02 Å². The highest BCUT2D eigenvalue weighted by molar-refractivity contribution is 6.33. The van der Waals surface area contributed by atoms with Crippen LogP contribution >= 0.6 is 36.4 Å². The lowest BCUT2D eigenvalue weighted by Gasteiger charge is -2.34. The molecule has 1 aromatic heterocycles. The third kappa shape index (κ3) is 6.11. The number of oxazole rings is 1. The Balaban J connectivity index is 0.00000182. The van der Waals surface area contributed by atoms with Crippen molar-refractivity contribution in [2.45, 2.75) is 38.6 Å². The van der Waals surface area contributed by atoms with E-state index < -0.39 is 0 Å². The molecule has 1 saturated heterocycles. The van der Waals surface area contributed by atoms with Gasteiger partial charge in [-0.2, -0.15) is 0 Å². The van der Waals surface area contributed by atoms with E-state index in [-0.39, 0.29) is 36.8 Å². The second-order valence-corrected chi connectivity index (χ2v) is 7.11. The van der Waals surface area contributed by atoms with Gasteiger partial charge in [0, 0.05) is 37.5 Å². The molecule has 8 heteroatoms. The number of rotatable bonds is 5. The number of nitrogens with two attached hydrogens (primary N) is 1. The SMILES string of the molecule is CC(N)C1CCCN(C(=O)CCc2ncc(-c3ccccc3Cl)o2)C1.Cl.Cl. The van der Waals surface area contributed by atoms with Crippen LogP contribution in [-0.4, -0.2) is 34.9 Å². The second-order valence-electron chi connectivity index (χ2n) is 6.70. The van der Waals surface area contributed by atoms with E-state index in [9.17, 15) is 4.79 Å². The molecule has 0 spiro atoms. The molecule has 2 atom stereocenters. The zero-order valence-electron chi connectivity index (χ0n) is 15.3. The van der Waals surface area contributed by atoms with E-state index in [1.54, 1.807) is 6.20 Å². The molecular weight excluding hydrogens is 409 g/mol. The number of aryl methyl sites for hydroxylation is 1. The van der Waals surface area contributed by atoms with Crippen molar-refractivity contribution >= 4 is 42.3 Å². The highest BCUT2D eigenvalue weighted by Gasteiger charge is 2.25. The zero-order valence-corrected chi connectivity index (χ0v) is 17.7. The van der Waals surface area contributed by atoms with Gasteiger partial charge in [-0.1, -0.05) is 23.7 Å². The summed E-state index contributed by atoms with van der Waals surface area (Å²) in [5.74, 6) is 1.72. The molecule has 5 nitrogen and oxygen atoms in total. The molecule has 0 radical (unpaired) electrons. The summed E-state index contributed by atoms with van der Waals surface area (Å²) in [7, 11) is 0. The van der Waals surface area contributed by atoms with Gasteiger partial charge in [0.15, 0.2) is 11.7 Å². The van der Waals surface area contributed by atoms with E-state index in [0.29, 0.717) is 35.4 Å². The number of nitrogens with zero attached hydrogens (tertiary/aromatic N) is 2. The van der Waals surface area contributed by atoms with E-state index in [4.69, 9.17) is 21.8 Å². The minimum absolute atomic E-state index is 0. The van der Waals surface area contributed by atoms with Crippen LogP contribution in [-0.2, 0) is 11.2 Å². The van der Waals surface area contributed by atoms with Crippen LogP contribution in [0.25, 0.3) is 11.3 Å². The molecule has 1 fully saturated rings. The summed E-state index contributed by atoms with van der Waals surface area (Å²) in [5, 5.41) is 0.622. The number of amides is 1. The van der Waals surface area contributed by atoms with Gasteiger partial charge in [-0.3, -0.25) is 4.79 Å². The predicted molar refractivity (Wildman–Crippen MR) is 113 cm³/mol. The molecule has 0 saturated carbocycles. The summed E-state index contributed by atoms with van der Waals surface area (Å²) >= 11 is 6.18. The maximum Gasteiger partial charge on any atom is 0.223 e. The van der Waals surface area contributed by atoms with Gasteiger partial charge in [0.25, 0.3) is 0 Å². The van der Waals surface area contributed by atoms with Crippen LogP contribution in [0.15, 0.2) is 34.9 Å². The fourth-order valence-electron chi connectivity index (χ4n) is 3.25. The van der Waals surface area contributed by atoms with Crippen LogP contribution in [0.5, 0.6) is 0 Å². The molecule has 3 rings (SSSR count). The molecule has 150 valence electrons. The number of carbonyl (C=O) groups is 1. The Kier molecular flexibility index (Phi) is 9.60. The number of likely N-dealkylation sites (tertiary alicyclic amines) is 1. The van der Waals surface area contributed by atoms with E-state index >= 15 is 0 Å². The van der Waals surface area contributed by atoms with Gasteiger partial charge < -0.3 is 15.1 Å². The fourth-order valence-corrected chi connectivity index (χ4v) is 3.48. The molecule has 2 aromatic rings. The Labute approximate surface area is 177 Å². The van der Waals surface area contributed by atoms with Crippen molar-refractivity contribution in [2.75, 3.05) is 13.1 Å². The third-order valence-electron chi connectivity index (χ3n) is 4.80. The minimum Gasteiger partial charge on any atom is -0.441 e. The van der Waals surface area contributed by atoms with Crippen LogP contribution in [0.1, 0.15) is 32.1 Å². The highest BCUT2D eigenvalue weighted by atomic mass is 35.5. The number of hydrogen-bond donors (Lipinski definition) is 1. The first-order valence-electron chi connectivity index (χ1n) is 8.77. The van der Waals surface area contributed by atoms with Crippen molar-refractivity contribution in [1.82, 2.24) is 9.88 Å². The summed E-state index contributed by atoms with van der Waals surface area (Å²) in [6.07, 6.45) is 4.67. The predicted octanol–water partition coefficient (Wildman–Crippen LogP) is 4.36. The molecular formula is C19H26Cl3N3O2. The molecule has 27 heavy (non-hydrogen) atoms. The smallest absolute Gasteiger partial charge is 0.223 e.